The van der Waals surface area contributed by atoms with Gasteiger partial charge >= 0.3 is 0 Å². The summed E-state index contributed by atoms with van der Waals surface area (Å²) < 4.78 is 0. The van der Waals surface area contributed by atoms with Crippen molar-refractivity contribution in [2.75, 3.05) is 11.9 Å². The van der Waals surface area contributed by atoms with Crippen molar-refractivity contribution in [1.29, 1.82) is 0 Å². The number of aromatic nitrogens is 2. The fourth-order valence-corrected chi connectivity index (χ4v) is 2.55. The molecule has 0 bridgehead atoms. The average Bonchev–Trinajstić information content (AvgIpc) is 2.86. The maximum atomic E-state index is 4.50. The van der Waals surface area contributed by atoms with E-state index in [9.17, 15) is 0 Å². The van der Waals surface area contributed by atoms with Crippen molar-refractivity contribution in [3.63, 3.8) is 0 Å². The third kappa shape index (κ3) is 4.58. The zero-order chi connectivity index (χ0) is 14.6. The van der Waals surface area contributed by atoms with Crippen LogP contribution in [0.4, 0.5) is 5.13 Å². The van der Waals surface area contributed by atoms with Crippen LogP contribution in [0.1, 0.15) is 31.2 Å². The molecule has 0 aliphatic rings. The van der Waals surface area contributed by atoms with Gasteiger partial charge in [0.2, 0.25) is 0 Å². The Bertz CT molecular complexity index is 530. The molecule has 4 nitrogen and oxygen atoms in total. The summed E-state index contributed by atoms with van der Waals surface area (Å²) in [5.74, 6) is 0. The molecule has 0 aliphatic heterocycles. The fourth-order valence-electron chi connectivity index (χ4n) is 1.74. The molecule has 2 aromatic heterocycles. The van der Waals surface area contributed by atoms with Gasteiger partial charge < -0.3 is 10.2 Å². The van der Waals surface area contributed by atoms with Gasteiger partial charge in [0.15, 0.2) is 5.13 Å². The summed E-state index contributed by atoms with van der Waals surface area (Å²) in [5.41, 5.74) is 1.37. The van der Waals surface area contributed by atoms with E-state index in [1.54, 1.807) is 11.3 Å². The lowest BCUT2D eigenvalue weighted by Gasteiger charge is -2.19. The first kappa shape index (κ1) is 14.9. The number of pyridine rings is 1. The number of rotatable bonds is 5. The van der Waals surface area contributed by atoms with Crippen molar-refractivity contribution in [3.05, 3.63) is 41.2 Å². The Kier molecular flexibility index (Phi) is 4.73. The molecule has 0 aliphatic carbocycles. The van der Waals surface area contributed by atoms with Gasteiger partial charge in [-0.25, -0.2) is 4.98 Å². The van der Waals surface area contributed by atoms with Crippen molar-refractivity contribution in [2.24, 2.45) is 0 Å². The van der Waals surface area contributed by atoms with E-state index in [0.717, 1.165) is 18.2 Å². The first-order valence-electron chi connectivity index (χ1n) is 6.74. The Morgan fingerprint density at radius 3 is 2.60 bits per heavy atom. The Hall–Kier alpha value is -1.46. The Morgan fingerprint density at radius 2 is 1.95 bits per heavy atom. The lowest BCUT2D eigenvalue weighted by Crippen LogP contribution is -2.34. The number of hydrogen-bond acceptors (Lipinski definition) is 5. The highest BCUT2D eigenvalue weighted by Crippen LogP contribution is 2.23. The first-order valence-corrected chi connectivity index (χ1v) is 7.55. The lowest BCUT2D eigenvalue weighted by molar-refractivity contribution is 0.426. The maximum absolute atomic E-state index is 4.50. The van der Waals surface area contributed by atoms with Crippen molar-refractivity contribution >= 4 is 16.5 Å². The zero-order valence-electron chi connectivity index (χ0n) is 12.6. The summed E-state index contributed by atoms with van der Waals surface area (Å²) >= 11 is 1.74. The Labute approximate surface area is 124 Å². The topological polar surface area (TPSA) is 41.1 Å². The van der Waals surface area contributed by atoms with Gasteiger partial charge in [-0.05, 0) is 38.5 Å². The summed E-state index contributed by atoms with van der Waals surface area (Å²) in [6.45, 7) is 8.23. The van der Waals surface area contributed by atoms with Crippen LogP contribution in [0.3, 0.4) is 0 Å². The summed E-state index contributed by atoms with van der Waals surface area (Å²) in [4.78, 5) is 12.0. The van der Waals surface area contributed by atoms with Gasteiger partial charge in [-0.1, -0.05) is 0 Å². The van der Waals surface area contributed by atoms with Crippen LogP contribution in [-0.4, -0.2) is 22.6 Å². The highest BCUT2D eigenvalue weighted by Gasteiger charge is 2.11. The third-order valence-electron chi connectivity index (χ3n) is 2.83. The van der Waals surface area contributed by atoms with Crippen LogP contribution >= 0.6 is 11.3 Å². The van der Waals surface area contributed by atoms with Crippen molar-refractivity contribution < 1.29 is 0 Å². The molecule has 20 heavy (non-hydrogen) atoms. The Balaban J connectivity index is 1.94. The van der Waals surface area contributed by atoms with Gasteiger partial charge in [0.05, 0.1) is 0 Å². The number of nitrogens with zero attached hydrogens (tertiary/aromatic N) is 3. The predicted molar refractivity (Wildman–Crippen MR) is 85.1 cm³/mol. The SMILES string of the molecule is CN(Cc1ccncc1)c1ncc(CNC(C)(C)C)s1. The molecular formula is C15H22N4S. The third-order valence-corrected chi connectivity index (χ3v) is 3.94. The molecule has 0 atom stereocenters. The van der Waals surface area contributed by atoms with Gasteiger partial charge in [0.25, 0.3) is 0 Å². The van der Waals surface area contributed by atoms with Gasteiger partial charge in [-0.3, -0.25) is 4.98 Å². The van der Waals surface area contributed by atoms with E-state index in [1.807, 2.05) is 30.7 Å². The van der Waals surface area contributed by atoms with Crippen LogP contribution in [0, 0.1) is 0 Å². The normalized spacial score (nSPS) is 11.6. The molecule has 0 saturated carbocycles. The van der Waals surface area contributed by atoms with E-state index in [-0.39, 0.29) is 5.54 Å². The van der Waals surface area contributed by atoms with E-state index in [0.29, 0.717) is 0 Å². The molecule has 0 amide bonds. The molecule has 2 aromatic rings. The molecular weight excluding hydrogens is 268 g/mol. The predicted octanol–water partition coefficient (Wildman–Crippen LogP) is 3.06. The number of nitrogens with one attached hydrogen (secondary N) is 1. The van der Waals surface area contributed by atoms with Crippen molar-refractivity contribution in [1.82, 2.24) is 15.3 Å². The largest absolute Gasteiger partial charge is 0.347 e. The van der Waals surface area contributed by atoms with E-state index in [4.69, 9.17) is 0 Å². The van der Waals surface area contributed by atoms with Crippen LogP contribution < -0.4 is 10.2 Å². The van der Waals surface area contributed by atoms with Crippen LogP contribution in [0.25, 0.3) is 0 Å². The minimum absolute atomic E-state index is 0.132. The summed E-state index contributed by atoms with van der Waals surface area (Å²) in [7, 11) is 2.07. The molecule has 2 rings (SSSR count). The summed E-state index contributed by atoms with van der Waals surface area (Å²) in [5, 5.41) is 4.53. The number of anilines is 1. The Morgan fingerprint density at radius 1 is 1.25 bits per heavy atom. The minimum atomic E-state index is 0.132. The number of hydrogen-bond donors (Lipinski definition) is 1. The van der Waals surface area contributed by atoms with Crippen LogP contribution in [0.2, 0.25) is 0 Å². The number of thiazole rings is 1. The highest BCUT2D eigenvalue weighted by molar-refractivity contribution is 7.15. The van der Waals surface area contributed by atoms with Gasteiger partial charge in [0.1, 0.15) is 0 Å². The van der Waals surface area contributed by atoms with Crippen LogP contribution in [-0.2, 0) is 13.1 Å². The minimum Gasteiger partial charge on any atom is -0.347 e. The molecule has 0 spiro atoms. The molecule has 1 N–H and O–H groups in total. The smallest absolute Gasteiger partial charge is 0.185 e. The van der Waals surface area contributed by atoms with Crippen LogP contribution in [0.15, 0.2) is 30.7 Å². The molecule has 0 radical (unpaired) electrons. The van der Waals surface area contributed by atoms with E-state index in [2.05, 4.69) is 48.0 Å². The average molecular weight is 290 g/mol. The molecule has 108 valence electrons. The molecule has 2 heterocycles. The van der Waals surface area contributed by atoms with Gasteiger partial charge in [-0.2, -0.15) is 0 Å². The molecule has 0 unspecified atom stereocenters. The molecule has 0 saturated heterocycles. The monoisotopic (exact) mass is 290 g/mol. The fraction of sp³-hybridized carbons (Fsp3) is 0.467. The summed E-state index contributed by atoms with van der Waals surface area (Å²) in [6.07, 6.45) is 5.61. The standard InChI is InChI=1S/C15H22N4S/c1-15(2,3)18-10-13-9-17-14(20-13)19(4)11-12-5-7-16-8-6-12/h5-9,18H,10-11H2,1-4H3. The van der Waals surface area contributed by atoms with Crippen molar-refractivity contribution in [2.45, 2.75) is 39.4 Å². The summed E-state index contributed by atoms with van der Waals surface area (Å²) in [6, 6.07) is 4.07. The molecule has 0 fully saturated rings. The lowest BCUT2D eigenvalue weighted by atomic mass is 10.1. The quantitative estimate of drug-likeness (QED) is 0.919. The second-order valence-corrected chi connectivity index (χ2v) is 7.02. The van der Waals surface area contributed by atoms with E-state index >= 15 is 0 Å². The van der Waals surface area contributed by atoms with E-state index < -0.39 is 0 Å². The van der Waals surface area contributed by atoms with Crippen molar-refractivity contribution in [3.8, 4) is 0 Å². The zero-order valence-corrected chi connectivity index (χ0v) is 13.4. The van der Waals surface area contributed by atoms with Gasteiger partial charge in [0, 0.05) is 49.1 Å². The second-order valence-electron chi connectivity index (χ2n) is 5.92. The molecule has 5 heteroatoms. The van der Waals surface area contributed by atoms with E-state index in [1.165, 1.54) is 10.4 Å². The highest BCUT2D eigenvalue weighted by atomic mass is 32.1. The first-order chi connectivity index (χ1) is 9.44. The maximum Gasteiger partial charge on any atom is 0.185 e. The van der Waals surface area contributed by atoms with Crippen LogP contribution in [0.5, 0.6) is 0 Å². The van der Waals surface area contributed by atoms with Gasteiger partial charge in [-0.15, -0.1) is 11.3 Å². The molecule has 0 aromatic carbocycles. The second kappa shape index (κ2) is 6.33.